The predicted molar refractivity (Wildman–Crippen MR) is 105 cm³/mol. The smallest absolute Gasteiger partial charge is 0.404 e. The fourth-order valence-electron chi connectivity index (χ4n) is 5.71. The maximum atomic E-state index is 13.8. The number of nitrogens with two attached hydrogens (primary N) is 1. The number of piperazine rings is 2. The maximum absolute atomic E-state index is 13.8. The average Bonchev–Trinajstić information content (AvgIpc) is 3.37. The third-order valence-corrected chi connectivity index (χ3v) is 7.18. The molecule has 3 N–H and O–H groups in total. The largest absolute Gasteiger partial charge is 0.449 e. The molecule has 0 aromatic heterocycles. The first-order valence-corrected chi connectivity index (χ1v) is 10.3. The van der Waals surface area contributed by atoms with E-state index in [4.69, 9.17) is 15.2 Å². The molecule has 0 radical (unpaired) electrons. The SMILES string of the molecule is COC12[C@@H]3N[C@@H]3CN1C1=C(C(=O)C(N3CCN(C=O)CC3)=C(C)C1=O)[C@@H]2COC(N)=O. The van der Waals surface area contributed by atoms with Crippen LogP contribution in [0.1, 0.15) is 6.92 Å². The number of nitrogens with zero attached hydrogens (tertiary/aromatic N) is 3. The number of carbonyl (C=O) groups is 4. The lowest BCUT2D eigenvalue weighted by Crippen LogP contribution is -2.55. The summed E-state index contributed by atoms with van der Waals surface area (Å²) in [6.45, 7) is 3.91. The summed E-state index contributed by atoms with van der Waals surface area (Å²) in [5.41, 5.74) is 5.62. The van der Waals surface area contributed by atoms with Gasteiger partial charge in [-0.05, 0) is 6.92 Å². The highest BCUT2D eigenvalue weighted by Gasteiger charge is 2.72. The van der Waals surface area contributed by atoms with Crippen molar-refractivity contribution in [1.82, 2.24) is 20.0 Å². The van der Waals surface area contributed by atoms with E-state index in [2.05, 4.69) is 5.32 Å². The second kappa shape index (κ2) is 6.79. The molecule has 3 saturated heterocycles. The highest BCUT2D eigenvalue weighted by atomic mass is 16.6. The Balaban J connectivity index is 1.54. The molecule has 11 nitrogen and oxygen atoms in total. The summed E-state index contributed by atoms with van der Waals surface area (Å²) in [4.78, 5) is 55.1. The monoisotopic (exact) mass is 431 g/mol. The molecule has 1 aliphatic carbocycles. The van der Waals surface area contributed by atoms with Crippen molar-refractivity contribution in [2.75, 3.05) is 46.4 Å². The summed E-state index contributed by atoms with van der Waals surface area (Å²) in [5.74, 6) is -1.12. The molecule has 166 valence electrons. The Labute approximate surface area is 178 Å². The van der Waals surface area contributed by atoms with Crippen LogP contribution < -0.4 is 11.1 Å². The summed E-state index contributed by atoms with van der Waals surface area (Å²) in [7, 11) is 1.54. The van der Waals surface area contributed by atoms with Crippen LogP contribution >= 0.6 is 0 Å². The van der Waals surface area contributed by atoms with E-state index < -0.39 is 17.7 Å². The molecule has 0 aromatic carbocycles. The number of amides is 2. The number of methoxy groups -OCH3 is 1. The maximum Gasteiger partial charge on any atom is 0.404 e. The van der Waals surface area contributed by atoms with E-state index in [1.165, 1.54) is 0 Å². The molecule has 3 fully saturated rings. The molecule has 0 bridgehead atoms. The van der Waals surface area contributed by atoms with Gasteiger partial charge in [0.15, 0.2) is 5.72 Å². The van der Waals surface area contributed by atoms with E-state index in [1.54, 1.807) is 18.9 Å². The van der Waals surface area contributed by atoms with Gasteiger partial charge in [-0.2, -0.15) is 0 Å². The predicted octanol–water partition coefficient (Wildman–Crippen LogP) is -1.84. The first-order valence-electron chi connectivity index (χ1n) is 10.3. The summed E-state index contributed by atoms with van der Waals surface area (Å²) >= 11 is 0. The number of nitrogens with one attached hydrogen (secondary N) is 1. The van der Waals surface area contributed by atoms with Gasteiger partial charge in [-0.3, -0.25) is 14.4 Å². The van der Waals surface area contributed by atoms with Crippen molar-refractivity contribution in [3.63, 3.8) is 0 Å². The number of hydrogen-bond acceptors (Lipinski definition) is 9. The standard InChI is InChI=1S/C20H25N5O6/c1-10-14(24-5-3-23(9-26)4-6-24)17(28)13-11(8-31-19(21)29)20(30-2)18-12(22-18)7-25(20)15(13)16(10)27/h9,11-12,18,22H,3-8H2,1-2H3,(H2,21,29)/t11-,12+,18+,20?/m0/s1. The number of carbonyl (C=O) groups excluding carboxylic acids is 4. The lowest BCUT2D eigenvalue weighted by molar-refractivity contribution is -0.137. The van der Waals surface area contributed by atoms with Crippen LogP contribution in [0.4, 0.5) is 4.79 Å². The van der Waals surface area contributed by atoms with Crippen LogP contribution in [0.5, 0.6) is 0 Å². The Hall–Kier alpha value is -2.92. The molecule has 1 unspecified atom stereocenters. The van der Waals surface area contributed by atoms with Crippen molar-refractivity contribution in [2.45, 2.75) is 24.7 Å². The van der Waals surface area contributed by atoms with Crippen molar-refractivity contribution < 1.29 is 28.7 Å². The van der Waals surface area contributed by atoms with Crippen LogP contribution in [0, 0.1) is 5.92 Å². The minimum atomic E-state index is -0.984. The third-order valence-electron chi connectivity index (χ3n) is 7.18. The fourth-order valence-corrected chi connectivity index (χ4v) is 5.71. The van der Waals surface area contributed by atoms with Gasteiger partial charge in [-0.1, -0.05) is 0 Å². The molecule has 31 heavy (non-hydrogen) atoms. The topological polar surface area (TPSA) is 144 Å². The molecule has 5 aliphatic rings. The molecule has 5 rings (SSSR count). The zero-order valence-electron chi connectivity index (χ0n) is 17.4. The van der Waals surface area contributed by atoms with Gasteiger partial charge < -0.3 is 35.2 Å². The highest BCUT2D eigenvalue weighted by molar-refractivity contribution is 6.25. The number of fused-ring (bicyclic) bond motifs is 4. The second-order valence-electron chi connectivity index (χ2n) is 8.52. The Morgan fingerprint density at radius 3 is 2.55 bits per heavy atom. The lowest BCUT2D eigenvalue weighted by Gasteiger charge is -2.39. The number of ether oxygens (including phenoxy) is 2. The van der Waals surface area contributed by atoms with Crippen molar-refractivity contribution >= 4 is 24.1 Å². The Bertz CT molecular complexity index is 952. The molecule has 4 aliphatic heterocycles. The van der Waals surface area contributed by atoms with Crippen molar-refractivity contribution in [2.24, 2.45) is 11.7 Å². The van der Waals surface area contributed by atoms with Crippen LogP contribution in [0.2, 0.25) is 0 Å². The minimum Gasteiger partial charge on any atom is -0.449 e. The quantitative estimate of drug-likeness (QED) is 0.291. The molecule has 4 heterocycles. The van der Waals surface area contributed by atoms with Gasteiger partial charge in [-0.15, -0.1) is 0 Å². The number of primary amides is 1. The number of Topliss-reactive ketones (excluding diaryl/α,β-unsaturated/α-hetero) is 2. The van der Waals surface area contributed by atoms with Gasteiger partial charge in [0.25, 0.3) is 0 Å². The van der Waals surface area contributed by atoms with Crippen LogP contribution in [-0.2, 0) is 23.9 Å². The van der Waals surface area contributed by atoms with Gasteiger partial charge in [0.1, 0.15) is 6.61 Å². The van der Waals surface area contributed by atoms with Crippen molar-refractivity contribution in [3.8, 4) is 0 Å². The van der Waals surface area contributed by atoms with Crippen LogP contribution in [-0.4, -0.2) is 103 Å². The Morgan fingerprint density at radius 2 is 1.94 bits per heavy atom. The van der Waals surface area contributed by atoms with E-state index in [0.717, 1.165) is 6.41 Å². The summed E-state index contributed by atoms with van der Waals surface area (Å²) < 4.78 is 11.1. The van der Waals surface area contributed by atoms with Crippen molar-refractivity contribution in [3.05, 3.63) is 22.5 Å². The van der Waals surface area contributed by atoms with Gasteiger partial charge in [0, 0.05) is 57.0 Å². The molecular weight excluding hydrogens is 406 g/mol. The summed E-state index contributed by atoms with van der Waals surface area (Å²) in [6, 6.07) is 0.0696. The third kappa shape index (κ3) is 2.59. The number of allylic oxidation sites excluding steroid dienone is 2. The molecule has 4 atom stereocenters. The number of rotatable bonds is 5. The van der Waals surface area contributed by atoms with Crippen LogP contribution in [0.3, 0.4) is 0 Å². The average molecular weight is 431 g/mol. The van der Waals surface area contributed by atoms with Gasteiger partial charge >= 0.3 is 6.09 Å². The number of hydrogen-bond donors (Lipinski definition) is 2. The van der Waals surface area contributed by atoms with Gasteiger partial charge in [0.05, 0.1) is 23.4 Å². The van der Waals surface area contributed by atoms with E-state index in [0.29, 0.717) is 55.3 Å². The van der Waals surface area contributed by atoms with E-state index in [1.807, 2.05) is 9.80 Å². The normalized spacial score (nSPS) is 34.1. The van der Waals surface area contributed by atoms with Crippen LogP contribution in [0.25, 0.3) is 0 Å². The molecule has 0 spiro atoms. The second-order valence-corrected chi connectivity index (χ2v) is 8.52. The fraction of sp³-hybridized carbons (Fsp3) is 0.600. The summed E-state index contributed by atoms with van der Waals surface area (Å²) in [5, 5.41) is 3.34. The first-order chi connectivity index (χ1) is 14.8. The Kier molecular flexibility index (Phi) is 4.38. The Morgan fingerprint density at radius 1 is 1.23 bits per heavy atom. The zero-order chi connectivity index (χ0) is 22.1. The van der Waals surface area contributed by atoms with E-state index >= 15 is 0 Å². The lowest BCUT2D eigenvalue weighted by atomic mass is 9.82. The molecule has 0 saturated carbocycles. The molecular formula is C20H25N5O6. The minimum absolute atomic E-state index is 0.0786. The van der Waals surface area contributed by atoms with E-state index in [9.17, 15) is 19.2 Å². The molecule has 11 heteroatoms. The number of ketones is 2. The first kappa shape index (κ1) is 20.0. The van der Waals surface area contributed by atoms with E-state index in [-0.39, 0.29) is 30.3 Å². The van der Waals surface area contributed by atoms with Gasteiger partial charge in [0.2, 0.25) is 18.0 Å². The zero-order valence-corrected chi connectivity index (χ0v) is 17.4. The van der Waals surface area contributed by atoms with Crippen molar-refractivity contribution in [1.29, 1.82) is 0 Å². The molecule has 2 amide bonds. The van der Waals surface area contributed by atoms with Gasteiger partial charge in [-0.25, -0.2) is 4.79 Å². The summed E-state index contributed by atoms with van der Waals surface area (Å²) in [6.07, 6.45) is -0.159. The molecule has 0 aromatic rings. The van der Waals surface area contributed by atoms with Crippen LogP contribution in [0.15, 0.2) is 22.5 Å². The highest BCUT2D eigenvalue weighted by Crippen LogP contribution is 2.56.